The van der Waals surface area contributed by atoms with Gasteiger partial charge in [0.25, 0.3) is 0 Å². The number of nitrogens with zero attached hydrogens (tertiary/aromatic N) is 3. The van der Waals surface area contributed by atoms with E-state index in [1.54, 1.807) is 18.2 Å². The lowest BCUT2D eigenvalue weighted by atomic mass is 10.1. The van der Waals surface area contributed by atoms with Gasteiger partial charge in [-0.3, -0.25) is 0 Å². The Morgan fingerprint density at radius 1 is 1.42 bits per heavy atom. The lowest BCUT2D eigenvalue weighted by molar-refractivity contribution is 0.288. The summed E-state index contributed by atoms with van der Waals surface area (Å²) in [4.78, 5) is 6.75. The average molecular weight is 326 g/mol. The molecule has 0 unspecified atom stereocenters. The first-order valence-corrected chi connectivity index (χ1v) is 7.93. The van der Waals surface area contributed by atoms with E-state index in [0.29, 0.717) is 23.0 Å². The van der Waals surface area contributed by atoms with E-state index in [2.05, 4.69) is 22.1 Å². The van der Waals surface area contributed by atoms with Crippen molar-refractivity contribution >= 4 is 5.82 Å². The fraction of sp³-hybridized carbons (Fsp3) is 0.333. The molecule has 0 amide bonds. The van der Waals surface area contributed by atoms with Crippen LogP contribution >= 0.6 is 0 Å². The van der Waals surface area contributed by atoms with Crippen molar-refractivity contribution < 1.29 is 9.13 Å². The first-order valence-electron chi connectivity index (χ1n) is 7.93. The Kier molecular flexibility index (Phi) is 4.92. The number of piperazine rings is 1. The molecule has 2 aromatic rings. The van der Waals surface area contributed by atoms with Crippen molar-refractivity contribution in [2.75, 3.05) is 24.5 Å². The number of halogens is 1. The number of rotatable bonds is 4. The SMILES string of the molecule is C[C@@H]1CNCCN1c1cccc(OCc2ccc(C#N)cc2F)n1. The van der Waals surface area contributed by atoms with E-state index in [4.69, 9.17) is 10.00 Å². The molecule has 1 aliphatic rings. The molecule has 6 heteroatoms. The highest BCUT2D eigenvalue weighted by Gasteiger charge is 2.19. The Bertz CT molecular complexity index is 759. The first-order chi connectivity index (χ1) is 11.7. The van der Waals surface area contributed by atoms with E-state index in [9.17, 15) is 4.39 Å². The van der Waals surface area contributed by atoms with Crippen molar-refractivity contribution in [2.45, 2.75) is 19.6 Å². The summed E-state index contributed by atoms with van der Waals surface area (Å²) >= 11 is 0. The van der Waals surface area contributed by atoms with Gasteiger partial charge in [-0.1, -0.05) is 12.1 Å². The molecule has 1 aromatic heterocycles. The Hall–Kier alpha value is -2.65. The zero-order chi connectivity index (χ0) is 16.9. The van der Waals surface area contributed by atoms with Crippen molar-refractivity contribution in [2.24, 2.45) is 0 Å². The molecule has 5 nitrogen and oxygen atoms in total. The molecule has 0 saturated carbocycles. The van der Waals surface area contributed by atoms with Crippen molar-refractivity contribution in [1.29, 1.82) is 5.26 Å². The van der Waals surface area contributed by atoms with Crippen LogP contribution in [0.25, 0.3) is 0 Å². The summed E-state index contributed by atoms with van der Waals surface area (Å²) in [6, 6.07) is 12.2. The van der Waals surface area contributed by atoms with Crippen LogP contribution < -0.4 is 15.0 Å². The van der Waals surface area contributed by atoms with Crippen LogP contribution in [0.4, 0.5) is 10.2 Å². The van der Waals surface area contributed by atoms with Gasteiger partial charge in [0.15, 0.2) is 0 Å². The predicted molar refractivity (Wildman–Crippen MR) is 89.4 cm³/mol. The highest BCUT2D eigenvalue weighted by Crippen LogP contribution is 2.20. The minimum Gasteiger partial charge on any atom is -0.473 e. The smallest absolute Gasteiger partial charge is 0.215 e. The van der Waals surface area contributed by atoms with E-state index in [1.807, 2.05) is 18.2 Å². The lowest BCUT2D eigenvalue weighted by Gasteiger charge is -2.34. The number of pyridine rings is 1. The molecular weight excluding hydrogens is 307 g/mol. The summed E-state index contributed by atoms with van der Waals surface area (Å²) in [5.74, 6) is 0.879. The highest BCUT2D eigenvalue weighted by molar-refractivity contribution is 5.42. The van der Waals surface area contributed by atoms with Gasteiger partial charge >= 0.3 is 0 Å². The third-order valence-corrected chi connectivity index (χ3v) is 4.06. The summed E-state index contributed by atoms with van der Waals surface area (Å²) in [6.45, 7) is 4.96. The van der Waals surface area contributed by atoms with Crippen LogP contribution in [0.1, 0.15) is 18.1 Å². The van der Waals surface area contributed by atoms with Crippen LogP contribution in [0, 0.1) is 17.1 Å². The molecule has 1 fully saturated rings. The molecule has 1 atom stereocenters. The first kappa shape index (κ1) is 16.2. The van der Waals surface area contributed by atoms with E-state index in [0.717, 1.165) is 25.5 Å². The molecular formula is C18H19FN4O. The van der Waals surface area contributed by atoms with Crippen molar-refractivity contribution in [1.82, 2.24) is 10.3 Å². The predicted octanol–water partition coefficient (Wildman–Crippen LogP) is 2.47. The number of hydrogen-bond acceptors (Lipinski definition) is 5. The van der Waals surface area contributed by atoms with Crippen LogP contribution in [0.3, 0.4) is 0 Å². The molecule has 0 bridgehead atoms. The molecule has 1 aliphatic heterocycles. The van der Waals surface area contributed by atoms with Crippen molar-refractivity contribution in [3.05, 3.63) is 53.3 Å². The van der Waals surface area contributed by atoms with E-state index in [-0.39, 0.29) is 6.61 Å². The summed E-state index contributed by atoms with van der Waals surface area (Å²) < 4.78 is 19.5. The largest absolute Gasteiger partial charge is 0.473 e. The van der Waals surface area contributed by atoms with Crippen LogP contribution in [-0.4, -0.2) is 30.7 Å². The molecule has 124 valence electrons. The second-order valence-corrected chi connectivity index (χ2v) is 5.79. The van der Waals surface area contributed by atoms with Crippen molar-refractivity contribution in [3.63, 3.8) is 0 Å². The number of nitriles is 1. The standard InChI is InChI=1S/C18H19FN4O/c1-13-11-21-7-8-23(13)17-3-2-4-18(22-17)24-12-15-6-5-14(10-20)9-16(15)19/h2-6,9,13,21H,7-8,11-12H2,1H3/t13-/m1/s1. The van der Waals surface area contributed by atoms with Gasteiger partial charge in [-0.25, -0.2) is 4.39 Å². The summed E-state index contributed by atoms with van der Waals surface area (Å²) in [5, 5.41) is 12.1. The molecule has 1 N–H and O–H groups in total. The molecule has 0 radical (unpaired) electrons. The van der Waals surface area contributed by atoms with Gasteiger partial charge in [0, 0.05) is 37.3 Å². The number of benzene rings is 1. The van der Waals surface area contributed by atoms with Crippen LogP contribution in [0.5, 0.6) is 5.88 Å². The van der Waals surface area contributed by atoms with E-state index in [1.165, 1.54) is 6.07 Å². The molecule has 24 heavy (non-hydrogen) atoms. The maximum Gasteiger partial charge on any atom is 0.215 e. The minimum atomic E-state index is -0.444. The van der Waals surface area contributed by atoms with Gasteiger partial charge in [0.1, 0.15) is 18.2 Å². The van der Waals surface area contributed by atoms with Crippen molar-refractivity contribution in [3.8, 4) is 11.9 Å². The fourth-order valence-corrected chi connectivity index (χ4v) is 2.71. The third-order valence-electron chi connectivity index (χ3n) is 4.06. The van der Waals surface area contributed by atoms with Gasteiger partial charge in [-0.05, 0) is 25.1 Å². The van der Waals surface area contributed by atoms with E-state index >= 15 is 0 Å². The number of hydrogen-bond donors (Lipinski definition) is 1. The second-order valence-electron chi connectivity index (χ2n) is 5.79. The number of nitrogens with one attached hydrogen (secondary N) is 1. The monoisotopic (exact) mass is 326 g/mol. The Labute approximate surface area is 140 Å². The van der Waals surface area contributed by atoms with Gasteiger partial charge in [-0.2, -0.15) is 10.2 Å². The Morgan fingerprint density at radius 2 is 2.29 bits per heavy atom. The number of aromatic nitrogens is 1. The lowest BCUT2D eigenvalue weighted by Crippen LogP contribution is -2.50. The van der Waals surface area contributed by atoms with Gasteiger partial charge < -0.3 is 15.0 Å². The molecule has 3 rings (SSSR count). The number of anilines is 1. The topological polar surface area (TPSA) is 61.2 Å². The second kappa shape index (κ2) is 7.28. The Morgan fingerprint density at radius 3 is 3.04 bits per heavy atom. The normalized spacial score (nSPS) is 17.4. The van der Waals surface area contributed by atoms with Gasteiger partial charge in [0.2, 0.25) is 5.88 Å². The molecule has 1 aromatic carbocycles. The van der Waals surface area contributed by atoms with E-state index < -0.39 is 5.82 Å². The summed E-state index contributed by atoms with van der Waals surface area (Å²) in [5.41, 5.74) is 0.695. The summed E-state index contributed by atoms with van der Waals surface area (Å²) in [7, 11) is 0. The molecule has 2 heterocycles. The fourth-order valence-electron chi connectivity index (χ4n) is 2.71. The molecule has 0 aliphatic carbocycles. The summed E-state index contributed by atoms with van der Waals surface area (Å²) in [6.07, 6.45) is 0. The number of ether oxygens (including phenoxy) is 1. The minimum absolute atomic E-state index is 0.0745. The molecule has 1 saturated heterocycles. The third kappa shape index (κ3) is 3.63. The zero-order valence-corrected chi connectivity index (χ0v) is 13.5. The Balaban J connectivity index is 1.70. The maximum absolute atomic E-state index is 13.9. The maximum atomic E-state index is 13.9. The zero-order valence-electron chi connectivity index (χ0n) is 13.5. The van der Waals surface area contributed by atoms with Gasteiger partial charge in [-0.15, -0.1) is 0 Å². The van der Waals surface area contributed by atoms with Crippen LogP contribution in [-0.2, 0) is 6.61 Å². The van der Waals surface area contributed by atoms with Gasteiger partial charge in [0.05, 0.1) is 11.6 Å². The average Bonchev–Trinajstić information content (AvgIpc) is 2.61. The highest BCUT2D eigenvalue weighted by atomic mass is 19.1. The van der Waals surface area contributed by atoms with Crippen LogP contribution in [0.2, 0.25) is 0 Å². The quantitative estimate of drug-likeness (QED) is 0.935. The van der Waals surface area contributed by atoms with Crippen LogP contribution in [0.15, 0.2) is 36.4 Å². The molecule has 0 spiro atoms.